The predicted molar refractivity (Wildman–Crippen MR) is 117 cm³/mol. The molecule has 0 spiro atoms. The van der Waals surface area contributed by atoms with Crippen LogP contribution in [-0.4, -0.2) is 38.1 Å². The SMILES string of the molecule is Cn1c(=O)c(=O)n(C2CCN(C(=O)Nc3ccc(C(F)(F)F)cc3)CC2)c2ncc(Cl)cc21. The average molecular weight is 482 g/mol. The molecule has 2 amide bonds. The Hall–Kier alpha value is -3.34. The van der Waals surface area contributed by atoms with Crippen molar-refractivity contribution >= 4 is 34.5 Å². The second-order valence-electron chi connectivity index (χ2n) is 7.76. The smallest absolute Gasteiger partial charge is 0.324 e. The molecule has 1 N–H and O–H groups in total. The van der Waals surface area contributed by atoms with Crippen molar-refractivity contribution in [1.82, 2.24) is 19.0 Å². The van der Waals surface area contributed by atoms with Gasteiger partial charge in [0.2, 0.25) is 0 Å². The quantitative estimate of drug-likeness (QED) is 0.566. The van der Waals surface area contributed by atoms with E-state index >= 15 is 0 Å². The van der Waals surface area contributed by atoms with Crippen LogP contribution >= 0.6 is 11.6 Å². The topological polar surface area (TPSA) is 89.2 Å². The molecule has 0 bridgehead atoms. The van der Waals surface area contributed by atoms with Gasteiger partial charge in [-0.05, 0) is 43.2 Å². The lowest BCUT2D eigenvalue weighted by Crippen LogP contribution is -2.46. The van der Waals surface area contributed by atoms with Crippen LogP contribution in [-0.2, 0) is 13.2 Å². The third kappa shape index (κ3) is 4.45. The van der Waals surface area contributed by atoms with Crippen molar-refractivity contribution in [3.8, 4) is 0 Å². The molecule has 0 unspecified atom stereocenters. The number of likely N-dealkylation sites (tertiary alicyclic amines) is 1. The number of aromatic nitrogens is 3. The number of benzene rings is 1. The van der Waals surface area contributed by atoms with Gasteiger partial charge in [-0.2, -0.15) is 13.2 Å². The van der Waals surface area contributed by atoms with Gasteiger partial charge in [-0.3, -0.25) is 14.2 Å². The molecule has 0 radical (unpaired) electrons. The highest BCUT2D eigenvalue weighted by Gasteiger charge is 2.30. The number of anilines is 1. The summed E-state index contributed by atoms with van der Waals surface area (Å²) in [7, 11) is 1.47. The molecule has 2 aromatic heterocycles. The summed E-state index contributed by atoms with van der Waals surface area (Å²) in [6.45, 7) is 0.571. The summed E-state index contributed by atoms with van der Waals surface area (Å²) in [6.07, 6.45) is -2.26. The van der Waals surface area contributed by atoms with Crippen LogP contribution in [0, 0.1) is 0 Å². The minimum absolute atomic E-state index is 0.241. The largest absolute Gasteiger partial charge is 0.416 e. The molecule has 1 saturated heterocycles. The summed E-state index contributed by atoms with van der Waals surface area (Å²) in [5, 5.41) is 2.91. The molecule has 4 rings (SSSR count). The zero-order chi connectivity index (χ0) is 23.9. The van der Waals surface area contributed by atoms with Gasteiger partial charge in [0.05, 0.1) is 16.1 Å². The molecular formula is C21H19ClF3N5O3. The van der Waals surface area contributed by atoms with Crippen LogP contribution < -0.4 is 16.4 Å². The van der Waals surface area contributed by atoms with Gasteiger partial charge in [-0.15, -0.1) is 0 Å². The van der Waals surface area contributed by atoms with Crippen LogP contribution in [0.3, 0.4) is 0 Å². The van der Waals surface area contributed by atoms with Crippen LogP contribution in [0.5, 0.6) is 0 Å². The second kappa shape index (κ2) is 8.54. The lowest BCUT2D eigenvalue weighted by atomic mass is 10.0. The molecule has 1 aromatic carbocycles. The van der Waals surface area contributed by atoms with Crippen LogP contribution in [0.2, 0.25) is 5.02 Å². The van der Waals surface area contributed by atoms with Crippen LogP contribution in [0.4, 0.5) is 23.7 Å². The Kier molecular flexibility index (Phi) is 5.91. The molecule has 12 heteroatoms. The highest BCUT2D eigenvalue weighted by Crippen LogP contribution is 2.30. The summed E-state index contributed by atoms with van der Waals surface area (Å²) in [5.41, 5.74) is -1.21. The van der Waals surface area contributed by atoms with Crippen LogP contribution in [0.1, 0.15) is 24.4 Å². The summed E-state index contributed by atoms with van der Waals surface area (Å²) in [5.74, 6) is 0. The third-order valence-electron chi connectivity index (χ3n) is 5.69. The van der Waals surface area contributed by atoms with Crippen LogP contribution in [0.25, 0.3) is 11.2 Å². The summed E-state index contributed by atoms with van der Waals surface area (Å²) < 4.78 is 40.6. The number of piperidine rings is 1. The molecule has 0 saturated carbocycles. The highest BCUT2D eigenvalue weighted by atomic mass is 35.5. The number of halogens is 4. The van der Waals surface area contributed by atoms with E-state index in [2.05, 4.69) is 10.3 Å². The number of aryl methyl sites for hydroxylation is 1. The normalized spacial score (nSPS) is 15.1. The summed E-state index contributed by atoms with van der Waals surface area (Å²) in [6, 6.07) is 4.93. The number of fused-ring (bicyclic) bond motifs is 1. The molecule has 1 aliphatic heterocycles. The highest BCUT2D eigenvalue weighted by molar-refractivity contribution is 6.31. The zero-order valence-electron chi connectivity index (χ0n) is 17.4. The second-order valence-corrected chi connectivity index (χ2v) is 8.20. The van der Waals surface area contributed by atoms with Crippen molar-refractivity contribution in [2.45, 2.75) is 25.1 Å². The zero-order valence-corrected chi connectivity index (χ0v) is 18.2. The fourth-order valence-corrected chi connectivity index (χ4v) is 4.07. The number of hydrogen-bond donors (Lipinski definition) is 1. The number of urea groups is 1. The van der Waals surface area contributed by atoms with E-state index in [0.717, 1.165) is 12.1 Å². The standard InChI is InChI=1S/C21H19ClF3N5O3/c1-28-16-10-13(22)11-26-17(16)30(19(32)18(28)31)15-6-8-29(9-7-15)20(33)27-14-4-2-12(3-5-14)21(23,24)25/h2-5,10-11,15H,6-9H2,1H3,(H,27,33). The number of alkyl halides is 3. The lowest BCUT2D eigenvalue weighted by Gasteiger charge is -2.33. The maximum absolute atomic E-state index is 12.7. The molecule has 1 aliphatic rings. The van der Waals surface area contributed by atoms with Crippen molar-refractivity contribution in [3.05, 3.63) is 67.8 Å². The van der Waals surface area contributed by atoms with E-state index in [4.69, 9.17) is 11.6 Å². The van der Waals surface area contributed by atoms with E-state index in [-0.39, 0.29) is 24.8 Å². The summed E-state index contributed by atoms with van der Waals surface area (Å²) in [4.78, 5) is 43.5. The first-order valence-corrected chi connectivity index (χ1v) is 10.4. The van der Waals surface area contributed by atoms with Gasteiger partial charge in [0.25, 0.3) is 0 Å². The molecule has 3 heterocycles. The van der Waals surface area contributed by atoms with Gasteiger partial charge in [0, 0.05) is 38.1 Å². The molecule has 1 fully saturated rings. The number of nitrogens with zero attached hydrogens (tertiary/aromatic N) is 4. The van der Waals surface area contributed by atoms with E-state index in [1.165, 1.54) is 39.4 Å². The van der Waals surface area contributed by atoms with E-state index in [9.17, 15) is 27.6 Å². The lowest BCUT2D eigenvalue weighted by molar-refractivity contribution is -0.137. The first-order chi connectivity index (χ1) is 15.6. The Labute approximate surface area is 190 Å². The van der Waals surface area contributed by atoms with Gasteiger partial charge in [-0.25, -0.2) is 9.78 Å². The molecule has 174 valence electrons. The van der Waals surface area contributed by atoms with E-state index in [0.29, 0.717) is 29.0 Å². The minimum Gasteiger partial charge on any atom is -0.324 e. The van der Waals surface area contributed by atoms with Gasteiger partial charge in [0.15, 0.2) is 5.65 Å². The molecule has 0 atom stereocenters. The van der Waals surface area contributed by atoms with Gasteiger partial charge in [0.1, 0.15) is 0 Å². The number of carbonyl (C=O) groups is 1. The van der Waals surface area contributed by atoms with Gasteiger partial charge in [-0.1, -0.05) is 11.6 Å². The monoisotopic (exact) mass is 481 g/mol. The minimum atomic E-state index is -4.45. The van der Waals surface area contributed by atoms with Crippen molar-refractivity contribution in [3.63, 3.8) is 0 Å². The molecular weight excluding hydrogens is 463 g/mol. The number of rotatable bonds is 2. The Balaban J connectivity index is 1.49. The molecule has 33 heavy (non-hydrogen) atoms. The fourth-order valence-electron chi connectivity index (χ4n) is 3.92. The van der Waals surface area contributed by atoms with Crippen molar-refractivity contribution < 1.29 is 18.0 Å². The summed E-state index contributed by atoms with van der Waals surface area (Å²) >= 11 is 6.00. The fraction of sp³-hybridized carbons (Fsp3) is 0.333. The number of hydrogen-bond acceptors (Lipinski definition) is 4. The van der Waals surface area contributed by atoms with Gasteiger partial charge >= 0.3 is 23.3 Å². The number of pyridine rings is 1. The Morgan fingerprint density at radius 3 is 2.36 bits per heavy atom. The van der Waals surface area contributed by atoms with Crippen molar-refractivity contribution in [2.75, 3.05) is 18.4 Å². The van der Waals surface area contributed by atoms with Crippen LogP contribution in [0.15, 0.2) is 46.1 Å². The number of carbonyl (C=O) groups excluding carboxylic acids is 1. The van der Waals surface area contributed by atoms with Crippen molar-refractivity contribution in [1.29, 1.82) is 0 Å². The number of nitrogens with one attached hydrogen (secondary N) is 1. The maximum atomic E-state index is 12.7. The predicted octanol–water partition coefficient (Wildman–Crippen LogP) is 3.64. The first kappa shape index (κ1) is 22.8. The maximum Gasteiger partial charge on any atom is 0.416 e. The Morgan fingerprint density at radius 1 is 1.12 bits per heavy atom. The number of amides is 2. The van der Waals surface area contributed by atoms with Crippen molar-refractivity contribution in [2.24, 2.45) is 7.05 Å². The Bertz CT molecular complexity index is 1330. The van der Waals surface area contributed by atoms with Gasteiger partial charge < -0.3 is 14.8 Å². The van der Waals surface area contributed by atoms with E-state index in [1.807, 2.05) is 0 Å². The molecule has 3 aromatic rings. The molecule has 0 aliphatic carbocycles. The van der Waals surface area contributed by atoms with E-state index in [1.54, 1.807) is 6.07 Å². The first-order valence-electron chi connectivity index (χ1n) is 10.1. The average Bonchev–Trinajstić information content (AvgIpc) is 2.78. The third-order valence-corrected chi connectivity index (χ3v) is 5.90. The Morgan fingerprint density at radius 2 is 1.76 bits per heavy atom. The van der Waals surface area contributed by atoms with E-state index < -0.39 is 28.9 Å². The molecule has 8 nitrogen and oxygen atoms in total.